The van der Waals surface area contributed by atoms with Gasteiger partial charge >= 0.3 is 0 Å². The largest absolute Gasteiger partial charge is 0.395 e. The average Bonchev–Trinajstić information content (AvgIpc) is 3.42. The fourth-order valence-corrected chi connectivity index (χ4v) is 5.12. The smallest absolute Gasteiger partial charge is 0.0563 e. The van der Waals surface area contributed by atoms with Gasteiger partial charge in [0.05, 0.1) is 6.61 Å². The summed E-state index contributed by atoms with van der Waals surface area (Å²) in [5, 5.41) is 13.0. The van der Waals surface area contributed by atoms with E-state index in [9.17, 15) is 5.11 Å². The molecule has 0 spiro atoms. The summed E-state index contributed by atoms with van der Waals surface area (Å²) in [4.78, 5) is 6.60. The predicted molar refractivity (Wildman–Crippen MR) is 121 cm³/mol. The molecule has 0 amide bonds. The van der Waals surface area contributed by atoms with Gasteiger partial charge in [-0.2, -0.15) is 0 Å². The second-order valence-electron chi connectivity index (χ2n) is 9.01. The monoisotopic (exact) mass is 384 g/mol. The molecule has 1 aliphatic carbocycles. The van der Waals surface area contributed by atoms with Crippen LogP contribution in [-0.4, -0.2) is 21.7 Å². The van der Waals surface area contributed by atoms with E-state index in [4.69, 9.17) is 0 Å². The van der Waals surface area contributed by atoms with Crippen molar-refractivity contribution in [2.45, 2.75) is 38.0 Å². The molecule has 5 rings (SSSR count). The molecule has 1 aliphatic rings. The Morgan fingerprint density at radius 1 is 1.03 bits per heavy atom. The minimum atomic E-state index is -0.326. The highest BCUT2D eigenvalue weighted by Crippen LogP contribution is 2.50. The van der Waals surface area contributed by atoms with Crippen LogP contribution in [0.15, 0.2) is 60.9 Å². The zero-order chi connectivity index (χ0) is 20.0. The number of nitrogens with one attached hydrogen (secondary N) is 2. The summed E-state index contributed by atoms with van der Waals surface area (Å²) in [6.07, 6.45) is 10.5. The summed E-state index contributed by atoms with van der Waals surface area (Å²) >= 11 is 0. The average molecular weight is 385 g/mol. The third-order valence-corrected chi connectivity index (χ3v) is 6.52. The van der Waals surface area contributed by atoms with Crippen LogP contribution < -0.4 is 0 Å². The van der Waals surface area contributed by atoms with Crippen LogP contribution in [-0.2, 0) is 5.41 Å². The molecule has 2 aromatic carbocycles. The molecule has 3 heteroatoms. The number of aromatic amines is 2. The van der Waals surface area contributed by atoms with E-state index in [-0.39, 0.29) is 12.0 Å². The van der Waals surface area contributed by atoms with Crippen molar-refractivity contribution in [2.24, 2.45) is 5.92 Å². The van der Waals surface area contributed by atoms with Crippen LogP contribution in [0.25, 0.3) is 27.9 Å². The summed E-state index contributed by atoms with van der Waals surface area (Å²) in [5.41, 5.74) is 5.87. The van der Waals surface area contributed by atoms with Gasteiger partial charge in [-0.1, -0.05) is 32.1 Å². The molecule has 0 saturated heterocycles. The number of hydrogen-bond donors (Lipinski definition) is 3. The standard InChI is InChI=1S/C26H28N2O/c1-17(2)11-21-15-26(16-29,23-13-20-7-10-28-25(20)14-22(21)23)8-5-18-3-4-24-19(12-18)6-9-27-24/h3-10,12-14,17,21,27-29H,11,15-16H2,1-2H3/b8-5+/t21-,26-/m1/s1. The lowest BCUT2D eigenvalue weighted by Crippen LogP contribution is -2.25. The number of fused-ring (bicyclic) bond motifs is 3. The highest BCUT2D eigenvalue weighted by molar-refractivity contribution is 5.83. The normalized spacial score (nSPS) is 21.7. The van der Waals surface area contributed by atoms with Crippen molar-refractivity contribution in [3.63, 3.8) is 0 Å². The quantitative estimate of drug-likeness (QED) is 0.381. The fraction of sp³-hybridized carbons (Fsp3) is 0.308. The van der Waals surface area contributed by atoms with Gasteiger partial charge in [0.25, 0.3) is 0 Å². The number of aliphatic hydroxyl groups is 1. The topological polar surface area (TPSA) is 51.8 Å². The van der Waals surface area contributed by atoms with E-state index in [1.165, 1.54) is 33.0 Å². The van der Waals surface area contributed by atoms with Gasteiger partial charge in [0.1, 0.15) is 0 Å². The lowest BCUT2D eigenvalue weighted by molar-refractivity contribution is 0.218. The van der Waals surface area contributed by atoms with Gasteiger partial charge in [-0.3, -0.25) is 0 Å². The van der Waals surface area contributed by atoms with Gasteiger partial charge in [-0.05, 0) is 88.5 Å². The number of benzene rings is 2. The Kier molecular flexibility index (Phi) is 4.36. The Hall–Kier alpha value is -2.78. The molecular formula is C26H28N2O. The number of H-pyrrole nitrogens is 2. The third kappa shape index (κ3) is 3.10. The number of aliphatic hydroxyl groups excluding tert-OH is 1. The lowest BCUT2D eigenvalue weighted by Gasteiger charge is -2.25. The molecule has 3 nitrogen and oxygen atoms in total. The Morgan fingerprint density at radius 3 is 2.55 bits per heavy atom. The van der Waals surface area contributed by atoms with Crippen molar-refractivity contribution >= 4 is 27.9 Å². The Balaban J connectivity index is 1.59. The molecule has 2 aromatic heterocycles. The highest BCUT2D eigenvalue weighted by atomic mass is 16.3. The van der Waals surface area contributed by atoms with Crippen molar-refractivity contribution < 1.29 is 5.11 Å². The molecule has 3 N–H and O–H groups in total. The maximum absolute atomic E-state index is 10.6. The minimum Gasteiger partial charge on any atom is -0.395 e. The van der Waals surface area contributed by atoms with E-state index in [0.29, 0.717) is 11.8 Å². The van der Waals surface area contributed by atoms with Crippen LogP contribution in [0.3, 0.4) is 0 Å². The number of rotatable bonds is 5. The van der Waals surface area contributed by atoms with Crippen LogP contribution in [0.5, 0.6) is 0 Å². The molecule has 148 valence electrons. The van der Waals surface area contributed by atoms with Crippen LogP contribution in [0.4, 0.5) is 0 Å². The van der Waals surface area contributed by atoms with Crippen LogP contribution in [0.1, 0.15) is 49.3 Å². The Morgan fingerprint density at radius 2 is 1.79 bits per heavy atom. The van der Waals surface area contributed by atoms with Crippen molar-refractivity contribution in [1.29, 1.82) is 0 Å². The maximum atomic E-state index is 10.6. The second kappa shape index (κ2) is 6.93. The van der Waals surface area contributed by atoms with Gasteiger partial charge in [-0.15, -0.1) is 0 Å². The van der Waals surface area contributed by atoms with E-state index in [2.05, 4.69) is 78.4 Å². The molecule has 0 radical (unpaired) electrons. The fourth-order valence-electron chi connectivity index (χ4n) is 5.12. The molecule has 0 unspecified atom stereocenters. The van der Waals surface area contributed by atoms with Crippen molar-refractivity contribution in [1.82, 2.24) is 9.97 Å². The summed E-state index contributed by atoms with van der Waals surface area (Å²) in [6, 6.07) is 15.3. The first-order valence-electron chi connectivity index (χ1n) is 10.6. The summed E-state index contributed by atoms with van der Waals surface area (Å²) in [5.74, 6) is 1.10. The molecule has 4 aromatic rings. The van der Waals surface area contributed by atoms with Crippen molar-refractivity contribution in [3.8, 4) is 0 Å². The first-order chi connectivity index (χ1) is 14.1. The van der Waals surface area contributed by atoms with Crippen molar-refractivity contribution in [3.05, 3.63) is 77.6 Å². The van der Waals surface area contributed by atoms with E-state index in [1.54, 1.807) is 0 Å². The second-order valence-corrected chi connectivity index (χ2v) is 9.01. The van der Waals surface area contributed by atoms with Gasteiger partial charge in [0.15, 0.2) is 0 Å². The Bertz CT molecular complexity index is 1200. The molecule has 0 bridgehead atoms. The zero-order valence-electron chi connectivity index (χ0n) is 17.1. The Labute approximate surface area is 171 Å². The number of hydrogen-bond acceptors (Lipinski definition) is 1. The summed E-state index contributed by atoms with van der Waals surface area (Å²) in [7, 11) is 0. The maximum Gasteiger partial charge on any atom is 0.0563 e. The summed E-state index contributed by atoms with van der Waals surface area (Å²) < 4.78 is 0. The third-order valence-electron chi connectivity index (χ3n) is 6.52. The van der Waals surface area contributed by atoms with Gasteiger partial charge in [0, 0.05) is 28.8 Å². The van der Waals surface area contributed by atoms with E-state index >= 15 is 0 Å². The first kappa shape index (κ1) is 18.3. The molecular weight excluding hydrogens is 356 g/mol. The van der Waals surface area contributed by atoms with E-state index < -0.39 is 0 Å². The minimum absolute atomic E-state index is 0.132. The molecule has 0 aliphatic heterocycles. The molecule has 0 saturated carbocycles. The molecule has 29 heavy (non-hydrogen) atoms. The highest BCUT2D eigenvalue weighted by Gasteiger charge is 2.42. The molecule has 2 heterocycles. The molecule has 0 fully saturated rings. The molecule has 2 atom stereocenters. The summed E-state index contributed by atoms with van der Waals surface area (Å²) in [6.45, 7) is 4.70. The first-order valence-corrected chi connectivity index (χ1v) is 10.6. The van der Waals surface area contributed by atoms with Gasteiger partial charge in [0.2, 0.25) is 0 Å². The zero-order valence-corrected chi connectivity index (χ0v) is 17.1. The SMILES string of the molecule is CC(C)C[C@@H]1C[C@](/C=C/c2ccc3[nH]ccc3c2)(CO)c2cc3cc[nH]c3cc21. The van der Waals surface area contributed by atoms with E-state index in [1.807, 2.05) is 12.4 Å². The van der Waals surface area contributed by atoms with Crippen molar-refractivity contribution in [2.75, 3.05) is 6.61 Å². The predicted octanol–water partition coefficient (Wildman–Crippen LogP) is 6.13. The van der Waals surface area contributed by atoms with Gasteiger partial charge < -0.3 is 15.1 Å². The van der Waals surface area contributed by atoms with Crippen LogP contribution in [0, 0.1) is 5.92 Å². The van der Waals surface area contributed by atoms with Crippen LogP contribution >= 0.6 is 0 Å². The van der Waals surface area contributed by atoms with E-state index in [0.717, 1.165) is 18.4 Å². The lowest BCUT2D eigenvalue weighted by atomic mass is 9.80. The number of aromatic nitrogens is 2. The van der Waals surface area contributed by atoms with Crippen LogP contribution in [0.2, 0.25) is 0 Å². The van der Waals surface area contributed by atoms with Gasteiger partial charge in [-0.25, -0.2) is 0 Å².